The van der Waals surface area contributed by atoms with Crippen molar-refractivity contribution in [3.8, 4) is 0 Å². The molecule has 0 saturated carbocycles. The summed E-state index contributed by atoms with van der Waals surface area (Å²) < 4.78 is 22.7. The van der Waals surface area contributed by atoms with Crippen LogP contribution < -0.4 is 4.72 Å². The first-order valence-electron chi connectivity index (χ1n) is 4.46. The van der Waals surface area contributed by atoms with Gasteiger partial charge in [-0.05, 0) is 18.2 Å². The van der Waals surface area contributed by atoms with Crippen molar-refractivity contribution in [1.82, 2.24) is 0 Å². The van der Waals surface area contributed by atoms with Crippen LogP contribution >= 0.6 is 46.4 Å². The molecule has 0 aliphatic heterocycles. The van der Waals surface area contributed by atoms with E-state index in [-0.39, 0.29) is 22.1 Å². The molecule has 0 saturated heterocycles. The Labute approximate surface area is 124 Å². The second-order valence-corrected chi connectivity index (χ2v) is 8.52. The van der Waals surface area contributed by atoms with Crippen LogP contribution in [0.5, 0.6) is 0 Å². The second kappa shape index (κ2) is 5.43. The first-order valence-corrected chi connectivity index (χ1v) is 7.45. The van der Waals surface area contributed by atoms with Gasteiger partial charge in [0.05, 0.1) is 17.5 Å². The Morgan fingerprint density at radius 3 is 2.33 bits per heavy atom. The number of carbonyl (C=O) groups excluding carboxylic acids is 1. The van der Waals surface area contributed by atoms with Crippen molar-refractivity contribution in [1.29, 1.82) is 0 Å². The zero-order valence-corrected chi connectivity index (χ0v) is 12.8. The van der Waals surface area contributed by atoms with Crippen LogP contribution in [0.3, 0.4) is 0 Å². The molecule has 100 valence electrons. The highest BCUT2D eigenvalue weighted by atomic mass is 35.6. The summed E-state index contributed by atoms with van der Waals surface area (Å²) in [4.78, 5) is 9.36. The van der Waals surface area contributed by atoms with Crippen molar-refractivity contribution >= 4 is 67.9 Å². The van der Waals surface area contributed by atoms with Gasteiger partial charge in [-0.1, -0.05) is 46.4 Å². The third-order valence-corrected chi connectivity index (χ3v) is 5.18. The highest BCUT2D eigenvalue weighted by Crippen LogP contribution is 2.34. The van der Waals surface area contributed by atoms with Crippen LogP contribution in [-0.2, 0) is 10.0 Å². The highest BCUT2D eigenvalue weighted by molar-refractivity contribution is 7.98. The van der Waals surface area contributed by atoms with Crippen LogP contribution in [0.25, 0.3) is 0 Å². The van der Waals surface area contributed by atoms with E-state index < -0.39 is 13.1 Å². The molecule has 0 bridgehead atoms. The minimum Gasteiger partial charge on any atom is -0.280 e. The van der Waals surface area contributed by atoms with Gasteiger partial charge in [-0.3, -0.25) is 9.52 Å². The van der Waals surface area contributed by atoms with E-state index in [1.165, 1.54) is 25.1 Å². The predicted molar refractivity (Wildman–Crippen MR) is 76.0 cm³/mol. The number of halogens is 4. The average molecular weight is 352 g/mol. The highest BCUT2D eigenvalue weighted by Gasteiger charge is 2.38. The lowest BCUT2D eigenvalue weighted by atomic mass is 10.1. The quantitative estimate of drug-likeness (QED) is 0.515. The Hall–Kier alpha value is -0.200. The molecule has 0 aliphatic carbocycles. The topological polar surface area (TPSA) is 67.6 Å². The SMILES string of the molecule is CC(=[OH+])c1cc(NS(=O)(=O)C(Cl)(Cl)Cl)ccc1Cl. The van der Waals surface area contributed by atoms with Crippen LogP contribution in [0.1, 0.15) is 12.5 Å². The summed E-state index contributed by atoms with van der Waals surface area (Å²) in [5.41, 5.74) is 0.398. The minimum absolute atomic E-state index is 0.0602. The maximum Gasteiger partial charge on any atom is 0.322 e. The third-order valence-electron chi connectivity index (χ3n) is 1.91. The molecule has 0 amide bonds. The van der Waals surface area contributed by atoms with E-state index in [9.17, 15) is 13.2 Å². The van der Waals surface area contributed by atoms with Crippen LogP contribution in [0, 0.1) is 0 Å². The zero-order chi connectivity index (χ0) is 14.1. The van der Waals surface area contributed by atoms with Gasteiger partial charge in [0.25, 0.3) is 10.0 Å². The normalized spacial score (nSPS) is 12.3. The molecular formula is C9H8Cl4NO3S+. The number of rotatable bonds is 3. The molecule has 0 radical (unpaired) electrons. The number of benzene rings is 1. The summed E-state index contributed by atoms with van der Waals surface area (Å²) in [6.45, 7) is 1.41. The summed E-state index contributed by atoms with van der Waals surface area (Å²) >= 11 is 21.7. The van der Waals surface area contributed by atoms with Gasteiger partial charge in [-0.25, -0.2) is 8.42 Å². The van der Waals surface area contributed by atoms with Gasteiger partial charge in [-0.15, -0.1) is 0 Å². The first-order chi connectivity index (χ1) is 8.04. The number of sulfonamides is 1. The van der Waals surface area contributed by atoms with E-state index in [1.54, 1.807) is 0 Å². The molecule has 0 atom stereocenters. The molecule has 0 aliphatic rings. The standard InChI is InChI=1S/C9H7Cl4NO3S/c1-5(15)7-4-6(2-3-8(7)10)14-18(16,17)9(11,12)13/h2-4,14H,1H3/p+1. The molecular weight excluding hydrogens is 344 g/mol. The smallest absolute Gasteiger partial charge is 0.280 e. The first kappa shape index (κ1) is 15.9. The van der Waals surface area contributed by atoms with Gasteiger partial charge < -0.3 is 0 Å². The number of anilines is 1. The Bertz CT molecular complexity index is 580. The van der Waals surface area contributed by atoms with Gasteiger partial charge in [-0.2, -0.15) is 0 Å². The van der Waals surface area contributed by atoms with Crippen molar-refractivity contribution in [2.45, 2.75) is 10.0 Å². The molecule has 18 heavy (non-hydrogen) atoms. The fraction of sp³-hybridized carbons (Fsp3) is 0.222. The fourth-order valence-corrected chi connectivity index (χ4v) is 2.23. The lowest BCUT2D eigenvalue weighted by molar-refractivity contribution is 0.601. The third kappa shape index (κ3) is 3.65. The van der Waals surface area contributed by atoms with Gasteiger partial charge >= 0.3 is 8.91 Å². The van der Waals surface area contributed by atoms with E-state index in [4.69, 9.17) is 46.4 Å². The van der Waals surface area contributed by atoms with Gasteiger partial charge in [0.2, 0.25) is 0 Å². The molecule has 4 nitrogen and oxygen atoms in total. The molecule has 9 heteroatoms. The lowest BCUT2D eigenvalue weighted by Crippen LogP contribution is -2.27. The fourth-order valence-electron chi connectivity index (χ4n) is 1.08. The van der Waals surface area contributed by atoms with Crippen LogP contribution in [0.4, 0.5) is 5.69 Å². The molecule has 1 aromatic carbocycles. The summed E-state index contributed by atoms with van der Waals surface area (Å²) in [6, 6.07) is 4.11. The Kier molecular flexibility index (Phi) is 4.78. The van der Waals surface area contributed by atoms with Gasteiger partial charge in [0, 0.05) is 5.69 Å². The van der Waals surface area contributed by atoms with Gasteiger partial charge in [0.15, 0.2) is 0 Å². The predicted octanol–water partition coefficient (Wildman–Crippen LogP) is 3.32. The molecule has 1 aromatic rings. The van der Waals surface area contributed by atoms with E-state index in [2.05, 4.69) is 4.72 Å². The monoisotopic (exact) mass is 350 g/mol. The largest absolute Gasteiger partial charge is 0.322 e. The number of hydrogen-bond acceptors (Lipinski definition) is 2. The summed E-state index contributed by atoms with van der Waals surface area (Å²) in [5, 5.41) is 0.270. The number of nitrogens with one attached hydrogen (secondary N) is 1. The van der Waals surface area contributed by atoms with Crippen molar-refractivity contribution < 1.29 is 13.2 Å². The molecule has 0 aromatic heterocycles. The number of hydrogen-bond donors (Lipinski definition) is 1. The van der Waals surface area contributed by atoms with Crippen LogP contribution in [0.15, 0.2) is 18.2 Å². The van der Waals surface area contributed by atoms with Crippen molar-refractivity contribution in [2.24, 2.45) is 0 Å². The van der Waals surface area contributed by atoms with Gasteiger partial charge in [0.1, 0.15) is 0 Å². The van der Waals surface area contributed by atoms with Crippen LogP contribution in [0.2, 0.25) is 5.02 Å². The lowest BCUT2D eigenvalue weighted by Gasteiger charge is -2.14. The molecule has 0 unspecified atom stereocenters. The summed E-state index contributed by atoms with van der Waals surface area (Å²) in [5.74, 6) is -0.0602. The van der Waals surface area contributed by atoms with E-state index in [0.29, 0.717) is 0 Å². The van der Waals surface area contributed by atoms with Crippen molar-refractivity contribution in [3.05, 3.63) is 28.8 Å². The minimum atomic E-state index is -4.19. The maximum absolute atomic E-state index is 11.6. The van der Waals surface area contributed by atoms with E-state index in [1.807, 2.05) is 0 Å². The Morgan fingerprint density at radius 2 is 1.89 bits per heavy atom. The van der Waals surface area contributed by atoms with Crippen molar-refractivity contribution in [3.63, 3.8) is 0 Å². The molecule has 1 rings (SSSR count). The van der Waals surface area contributed by atoms with Crippen molar-refractivity contribution in [2.75, 3.05) is 4.72 Å². The van der Waals surface area contributed by atoms with Crippen LogP contribution in [-0.4, -0.2) is 22.1 Å². The number of ketones is 1. The summed E-state index contributed by atoms with van der Waals surface area (Å²) in [7, 11) is -4.19. The second-order valence-electron chi connectivity index (χ2n) is 3.33. The molecule has 0 fully saturated rings. The Morgan fingerprint density at radius 1 is 1.33 bits per heavy atom. The maximum atomic E-state index is 11.6. The van der Waals surface area contributed by atoms with E-state index >= 15 is 0 Å². The average Bonchev–Trinajstić information content (AvgIpc) is 2.18. The van der Waals surface area contributed by atoms with E-state index in [0.717, 1.165) is 0 Å². The molecule has 2 N–H and O–H groups in total. The Balaban J connectivity index is 3.15. The molecule has 0 spiro atoms. The zero-order valence-electron chi connectivity index (χ0n) is 8.92. The summed E-state index contributed by atoms with van der Waals surface area (Å²) in [6.07, 6.45) is 0. The number of alkyl halides is 3. The molecule has 0 heterocycles.